The van der Waals surface area contributed by atoms with Crippen LogP contribution < -0.4 is 9.80 Å². The fourth-order valence-electron chi connectivity index (χ4n) is 6.90. The van der Waals surface area contributed by atoms with Gasteiger partial charge in [-0.25, -0.2) is 0 Å². The molecule has 0 aromatic heterocycles. The zero-order valence-corrected chi connectivity index (χ0v) is 30.6. The summed E-state index contributed by atoms with van der Waals surface area (Å²) in [6, 6.07) is 69.9. The van der Waals surface area contributed by atoms with E-state index in [0.29, 0.717) is 5.56 Å². The third-order valence-electron chi connectivity index (χ3n) is 9.75. The van der Waals surface area contributed by atoms with Gasteiger partial charge >= 0.3 is 0 Å². The summed E-state index contributed by atoms with van der Waals surface area (Å²) in [6.45, 7) is 2.11. The van der Waals surface area contributed by atoms with Gasteiger partial charge in [-0.1, -0.05) is 145 Å². The van der Waals surface area contributed by atoms with E-state index < -0.39 is 0 Å². The van der Waals surface area contributed by atoms with E-state index in [4.69, 9.17) is 0 Å². The zero-order chi connectivity index (χ0) is 37.4. The van der Waals surface area contributed by atoms with Gasteiger partial charge in [0.1, 0.15) is 6.07 Å². The molecule has 55 heavy (non-hydrogen) atoms. The highest BCUT2D eigenvalue weighted by molar-refractivity contribution is 5.94. The van der Waals surface area contributed by atoms with Crippen LogP contribution in [0.15, 0.2) is 194 Å². The van der Waals surface area contributed by atoms with E-state index in [0.717, 1.165) is 67.2 Å². The van der Waals surface area contributed by atoms with Crippen molar-refractivity contribution in [2.24, 2.45) is 0 Å². The number of aryl methyl sites for hydroxylation is 1. The number of para-hydroxylation sites is 3. The molecular weight excluding hydrogens is 667 g/mol. The minimum atomic E-state index is 0.673. The lowest BCUT2D eigenvalue weighted by Gasteiger charge is -2.25. The van der Waals surface area contributed by atoms with Crippen LogP contribution in [0.2, 0.25) is 0 Å². The van der Waals surface area contributed by atoms with Crippen LogP contribution >= 0.6 is 0 Å². The van der Waals surface area contributed by atoms with E-state index in [1.165, 1.54) is 5.56 Å². The molecule has 8 rings (SSSR count). The fourth-order valence-corrected chi connectivity index (χ4v) is 6.90. The maximum atomic E-state index is 10.3. The summed E-state index contributed by atoms with van der Waals surface area (Å²) in [5, 5.41) is 12.2. The first-order chi connectivity index (χ1) is 27.1. The van der Waals surface area contributed by atoms with Crippen LogP contribution in [0.25, 0.3) is 35.1 Å². The van der Waals surface area contributed by atoms with Crippen LogP contribution in [-0.2, 0) is 0 Å². The molecule has 0 radical (unpaired) electrons. The summed E-state index contributed by atoms with van der Waals surface area (Å²) in [5.74, 6) is 0. The molecule has 0 aliphatic carbocycles. The van der Waals surface area contributed by atoms with Crippen LogP contribution in [0, 0.1) is 18.3 Å². The smallest absolute Gasteiger partial charge is 0.100 e. The lowest BCUT2D eigenvalue weighted by molar-refractivity contribution is 1.27. The summed E-state index contributed by atoms with van der Waals surface area (Å²) in [7, 11) is 0. The first-order valence-electron chi connectivity index (χ1n) is 18.5. The molecule has 0 aliphatic rings. The SMILES string of the molecule is Cc1ccc(N(c2ccccc2)c2ccc(C=Cc3ccc4c(C#N)c(C=Cc5ccc(N(c6ccccc6)c6ccccc6)cc5)ccc4c3)cc2)cc1. The standard InChI is InChI=1S/C52H39N3/c1-39-17-30-48(31-18-39)55(47-15-9-4-10-16-47)50-32-22-40(23-33-50)19-20-42-26-36-51-44(37-42)29-28-43(52(51)38-53)27-21-41-24-34-49(35-25-41)54(45-11-5-2-6-12-45)46-13-7-3-8-14-46/h2-37H,1H3. The molecule has 0 spiro atoms. The summed E-state index contributed by atoms with van der Waals surface area (Å²) in [4.78, 5) is 4.52. The zero-order valence-electron chi connectivity index (χ0n) is 30.6. The Morgan fingerprint density at radius 1 is 0.400 bits per heavy atom. The van der Waals surface area contributed by atoms with Crippen molar-refractivity contribution in [1.29, 1.82) is 5.26 Å². The Morgan fingerprint density at radius 3 is 1.27 bits per heavy atom. The van der Waals surface area contributed by atoms with Gasteiger partial charge in [0.05, 0.1) is 5.56 Å². The van der Waals surface area contributed by atoms with Crippen LogP contribution in [0.3, 0.4) is 0 Å². The lowest BCUT2D eigenvalue weighted by Crippen LogP contribution is -2.09. The molecule has 3 nitrogen and oxygen atoms in total. The van der Waals surface area contributed by atoms with Crippen molar-refractivity contribution >= 4 is 69.2 Å². The van der Waals surface area contributed by atoms with Crippen molar-refractivity contribution in [3.8, 4) is 6.07 Å². The van der Waals surface area contributed by atoms with Gasteiger partial charge in [0.25, 0.3) is 0 Å². The monoisotopic (exact) mass is 705 g/mol. The third-order valence-corrected chi connectivity index (χ3v) is 9.75. The highest BCUT2D eigenvalue weighted by Crippen LogP contribution is 2.36. The lowest BCUT2D eigenvalue weighted by atomic mass is 9.97. The molecule has 0 unspecified atom stereocenters. The molecule has 0 atom stereocenters. The minimum Gasteiger partial charge on any atom is -0.311 e. The van der Waals surface area contributed by atoms with E-state index in [2.05, 4.69) is 211 Å². The maximum absolute atomic E-state index is 10.3. The largest absolute Gasteiger partial charge is 0.311 e. The molecule has 3 heteroatoms. The highest BCUT2D eigenvalue weighted by Gasteiger charge is 2.13. The second-order valence-electron chi connectivity index (χ2n) is 13.5. The Hall–Kier alpha value is -7.41. The number of benzene rings is 8. The van der Waals surface area contributed by atoms with Crippen molar-refractivity contribution < 1.29 is 0 Å². The normalized spacial score (nSPS) is 11.2. The second-order valence-corrected chi connectivity index (χ2v) is 13.5. The molecular formula is C52H39N3. The molecule has 262 valence electrons. The van der Waals surface area contributed by atoms with Crippen molar-refractivity contribution in [3.63, 3.8) is 0 Å². The summed E-state index contributed by atoms with van der Waals surface area (Å²) in [5.41, 5.74) is 12.7. The number of fused-ring (bicyclic) bond motifs is 1. The average molecular weight is 706 g/mol. The molecule has 8 aromatic rings. The molecule has 0 amide bonds. The molecule has 0 aliphatic heterocycles. The summed E-state index contributed by atoms with van der Waals surface area (Å²) >= 11 is 0. The fraction of sp³-hybridized carbons (Fsp3) is 0.0192. The Kier molecular flexibility index (Phi) is 10.1. The number of anilines is 6. The minimum absolute atomic E-state index is 0.673. The first-order valence-corrected chi connectivity index (χ1v) is 18.5. The van der Waals surface area contributed by atoms with Gasteiger partial charge in [-0.2, -0.15) is 5.26 Å². The van der Waals surface area contributed by atoms with Gasteiger partial charge in [-0.05, 0) is 113 Å². The van der Waals surface area contributed by atoms with Crippen molar-refractivity contribution in [2.75, 3.05) is 9.80 Å². The molecule has 0 N–H and O–H groups in total. The van der Waals surface area contributed by atoms with E-state index in [-0.39, 0.29) is 0 Å². The van der Waals surface area contributed by atoms with Crippen molar-refractivity contribution in [1.82, 2.24) is 0 Å². The Labute approximate surface area is 323 Å². The number of hydrogen-bond donors (Lipinski definition) is 0. The van der Waals surface area contributed by atoms with Crippen LogP contribution in [0.5, 0.6) is 0 Å². The molecule has 0 saturated carbocycles. The first kappa shape index (κ1) is 34.7. The summed E-state index contributed by atoms with van der Waals surface area (Å²) in [6.07, 6.45) is 8.37. The van der Waals surface area contributed by atoms with Gasteiger partial charge in [0, 0.05) is 39.5 Å². The summed E-state index contributed by atoms with van der Waals surface area (Å²) < 4.78 is 0. The molecule has 0 bridgehead atoms. The van der Waals surface area contributed by atoms with Crippen LogP contribution in [0.1, 0.15) is 33.4 Å². The Bertz CT molecular complexity index is 2580. The molecule has 0 fully saturated rings. The van der Waals surface area contributed by atoms with E-state index in [1.54, 1.807) is 0 Å². The second kappa shape index (κ2) is 16.1. The highest BCUT2D eigenvalue weighted by atomic mass is 15.1. The average Bonchev–Trinajstić information content (AvgIpc) is 3.25. The molecule has 0 saturated heterocycles. The van der Waals surface area contributed by atoms with Crippen LogP contribution in [-0.4, -0.2) is 0 Å². The van der Waals surface area contributed by atoms with Gasteiger partial charge < -0.3 is 9.80 Å². The Morgan fingerprint density at radius 2 is 0.800 bits per heavy atom. The van der Waals surface area contributed by atoms with E-state index >= 15 is 0 Å². The van der Waals surface area contributed by atoms with Crippen molar-refractivity contribution in [3.05, 3.63) is 228 Å². The van der Waals surface area contributed by atoms with Crippen molar-refractivity contribution in [2.45, 2.75) is 6.92 Å². The van der Waals surface area contributed by atoms with Gasteiger partial charge in [-0.15, -0.1) is 0 Å². The third kappa shape index (κ3) is 7.86. The quantitative estimate of drug-likeness (QED) is 0.133. The molecule has 8 aromatic carbocycles. The Balaban J connectivity index is 0.993. The van der Waals surface area contributed by atoms with Gasteiger partial charge in [-0.3, -0.25) is 0 Å². The topological polar surface area (TPSA) is 30.3 Å². The van der Waals surface area contributed by atoms with E-state index in [1.807, 2.05) is 30.3 Å². The number of rotatable bonds is 10. The van der Waals surface area contributed by atoms with Gasteiger partial charge in [0.15, 0.2) is 0 Å². The van der Waals surface area contributed by atoms with Crippen LogP contribution in [0.4, 0.5) is 34.1 Å². The molecule has 0 heterocycles. The van der Waals surface area contributed by atoms with Gasteiger partial charge in [0.2, 0.25) is 0 Å². The van der Waals surface area contributed by atoms with E-state index in [9.17, 15) is 5.26 Å². The predicted molar refractivity (Wildman–Crippen MR) is 234 cm³/mol. The number of nitriles is 1. The predicted octanol–water partition coefficient (Wildman–Crippen LogP) is 14.3. The maximum Gasteiger partial charge on any atom is 0.100 e. The number of hydrogen-bond acceptors (Lipinski definition) is 3. The number of nitrogens with zero attached hydrogens (tertiary/aromatic N) is 3.